The maximum atomic E-state index is 11.2. The van der Waals surface area contributed by atoms with Gasteiger partial charge in [-0.1, -0.05) is 89.1 Å². The molecule has 2 heterocycles. The molecule has 0 aliphatic carbocycles. The van der Waals surface area contributed by atoms with Gasteiger partial charge in [-0.3, -0.25) is 14.3 Å². The number of nitrogens with one attached hydrogen (secondary N) is 2. The van der Waals surface area contributed by atoms with E-state index in [4.69, 9.17) is 0 Å². The zero-order valence-corrected chi connectivity index (χ0v) is 39.4. The average molecular weight is 993 g/mol. The van der Waals surface area contributed by atoms with Gasteiger partial charge in [-0.05, 0) is 12.8 Å². The van der Waals surface area contributed by atoms with Crippen LogP contribution in [0.2, 0.25) is 22.3 Å². The molecule has 2 rings (SSSR count). The first-order valence-corrected chi connectivity index (χ1v) is 26.3. The Hall–Kier alpha value is -1.67. The third kappa shape index (κ3) is 41.3. The summed E-state index contributed by atoms with van der Waals surface area (Å²) in [4.78, 5) is 43.5. The van der Waals surface area contributed by atoms with Crippen molar-refractivity contribution in [3.8, 4) is 0 Å². The number of amides is 2. The molecule has 0 saturated heterocycles. The van der Waals surface area contributed by atoms with E-state index >= 15 is 0 Å². The molecule has 2 aromatic heterocycles. The average Bonchev–Trinajstić information content (AvgIpc) is 3.80. The van der Waals surface area contributed by atoms with E-state index in [9.17, 15) is 19.2 Å². The molecule has 0 spiro atoms. The van der Waals surface area contributed by atoms with Crippen LogP contribution in [0.3, 0.4) is 0 Å². The SMILES string of the molecule is C.CCCC.CCCCC(=O)CI.CCCCC(=O)C[Se]C.CCCn1cc(CCNC(=O)CC)nn1.CCCn1cc(CCNC(=O)C[Se]C)nn1. The first-order chi connectivity index (χ1) is 25.0. The quantitative estimate of drug-likeness (QED) is 0.0650. The van der Waals surface area contributed by atoms with E-state index in [1.165, 1.54) is 12.8 Å². The van der Waals surface area contributed by atoms with Gasteiger partial charge >= 0.3 is 165 Å². The number of unbranched alkanes of at least 4 members (excludes halogenated alkanes) is 3. The van der Waals surface area contributed by atoms with Gasteiger partial charge < -0.3 is 5.32 Å². The van der Waals surface area contributed by atoms with Crippen molar-refractivity contribution in [3.63, 3.8) is 0 Å². The van der Waals surface area contributed by atoms with Crippen LogP contribution in [0.4, 0.5) is 0 Å². The van der Waals surface area contributed by atoms with Crippen LogP contribution in [0.25, 0.3) is 0 Å². The molecular formula is C38H75IN8O4Se2. The molecule has 53 heavy (non-hydrogen) atoms. The van der Waals surface area contributed by atoms with Crippen molar-refractivity contribution in [1.82, 2.24) is 40.6 Å². The molecule has 310 valence electrons. The van der Waals surface area contributed by atoms with Gasteiger partial charge in [0.05, 0.1) is 10.1 Å². The maximum absolute atomic E-state index is 11.2. The Morgan fingerprint density at radius 2 is 1.08 bits per heavy atom. The standard InChI is InChI=1S/C10H18N4OSe.C10H18N4O.C7H14OSe.C6H11IO.C4H10.CH4/c1-3-6-14-7-9(12-13-14)4-5-11-10(15)8-16-2;1-3-7-14-8-9(12-13-14)5-6-11-10(15)4-2;1-3-4-5-7(8)6-9-2;1-2-3-4-6(8)5-7;1-3-4-2;/h7H,3-6,8H2,1-2H3,(H,11,15);8H,3-7H2,1-2H3,(H,11,15);3-6H2,1-2H3;2-5H2,1H3;3-4H2,1-2H3;1H4. The van der Waals surface area contributed by atoms with Crippen LogP contribution in [0.1, 0.15) is 138 Å². The van der Waals surface area contributed by atoms with Gasteiger partial charge in [0.25, 0.3) is 0 Å². The topological polar surface area (TPSA) is 154 Å². The van der Waals surface area contributed by atoms with Crippen LogP contribution in [-0.4, -0.2) is 101 Å². The van der Waals surface area contributed by atoms with Gasteiger partial charge in [0, 0.05) is 38.5 Å². The van der Waals surface area contributed by atoms with Gasteiger partial charge in [-0.25, -0.2) is 0 Å². The normalized spacial score (nSPS) is 9.62. The Balaban J connectivity index is -0.000000300. The summed E-state index contributed by atoms with van der Waals surface area (Å²) < 4.78 is 4.35. The van der Waals surface area contributed by atoms with Crippen LogP contribution in [0.15, 0.2) is 12.4 Å². The molecule has 2 amide bonds. The van der Waals surface area contributed by atoms with Crippen molar-refractivity contribution < 1.29 is 19.2 Å². The van der Waals surface area contributed by atoms with Gasteiger partial charge in [0.2, 0.25) is 5.91 Å². The van der Waals surface area contributed by atoms with E-state index in [-0.39, 0.29) is 19.2 Å². The summed E-state index contributed by atoms with van der Waals surface area (Å²) in [6, 6.07) is 0. The number of Topliss-reactive ketones (excluding diaryl/α,β-unsaturated/α-hetero) is 2. The molecule has 2 aromatic rings. The summed E-state index contributed by atoms with van der Waals surface area (Å²) in [6.07, 6.45) is 16.6. The van der Waals surface area contributed by atoms with Crippen molar-refractivity contribution in [2.24, 2.45) is 0 Å². The van der Waals surface area contributed by atoms with Crippen molar-refractivity contribution >= 4 is 75.9 Å². The molecule has 0 aliphatic rings. The predicted octanol–water partition coefficient (Wildman–Crippen LogP) is 7.81. The molecule has 2 N–H and O–H groups in total. The second kappa shape index (κ2) is 44.7. The Morgan fingerprint density at radius 1 is 0.642 bits per heavy atom. The number of ketones is 2. The first-order valence-electron chi connectivity index (χ1n) is 18.9. The summed E-state index contributed by atoms with van der Waals surface area (Å²) in [5.74, 6) is 5.23. The van der Waals surface area contributed by atoms with Crippen LogP contribution < -0.4 is 10.6 Å². The summed E-state index contributed by atoms with van der Waals surface area (Å²) in [6.45, 7) is 17.7. The predicted molar refractivity (Wildman–Crippen MR) is 232 cm³/mol. The minimum absolute atomic E-state index is 0. The second-order valence-electron chi connectivity index (χ2n) is 11.8. The number of nitrogens with zero attached hydrogens (tertiary/aromatic N) is 6. The summed E-state index contributed by atoms with van der Waals surface area (Å²) in [7, 11) is 0. The molecular weight excluding hydrogens is 917 g/mol. The number of rotatable bonds is 23. The van der Waals surface area contributed by atoms with Crippen molar-refractivity contribution in [2.75, 3.05) is 17.5 Å². The number of aryl methyl sites for hydroxylation is 2. The number of hydrogen-bond acceptors (Lipinski definition) is 8. The molecule has 0 aromatic carbocycles. The van der Waals surface area contributed by atoms with Crippen LogP contribution in [0, 0.1) is 0 Å². The Labute approximate surface area is 349 Å². The van der Waals surface area contributed by atoms with Crippen molar-refractivity contribution in [3.05, 3.63) is 23.8 Å². The van der Waals surface area contributed by atoms with Crippen LogP contribution in [-0.2, 0) is 45.1 Å². The number of carbonyl (C=O) groups is 4. The van der Waals surface area contributed by atoms with E-state index < -0.39 is 0 Å². The molecule has 0 unspecified atom stereocenters. The number of alkyl halides is 1. The molecule has 12 nitrogen and oxygen atoms in total. The van der Waals surface area contributed by atoms with Gasteiger partial charge in [-0.2, -0.15) is 0 Å². The number of hydrogen-bond donors (Lipinski definition) is 2. The summed E-state index contributed by atoms with van der Waals surface area (Å²) in [5.41, 5.74) is 1.87. The zero-order chi connectivity index (χ0) is 39.8. The molecule has 0 fully saturated rings. The second-order valence-corrected chi connectivity index (χ2v) is 16.2. The van der Waals surface area contributed by atoms with Gasteiger partial charge in [-0.15, -0.1) is 5.10 Å². The molecule has 0 radical (unpaired) electrons. The Kier molecular flexibility index (Phi) is 49.0. The third-order valence-corrected chi connectivity index (χ3v) is 9.94. The van der Waals surface area contributed by atoms with E-state index in [1.54, 1.807) is 0 Å². The molecule has 0 saturated carbocycles. The minimum atomic E-state index is 0. The van der Waals surface area contributed by atoms with E-state index in [1.807, 2.05) is 28.7 Å². The van der Waals surface area contributed by atoms with Gasteiger partial charge in [0.15, 0.2) is 0 Å². The summed E-state index contributed by atoms with van der Waals surface area (Å²) in [5, 5.41) is 23.2. The fraction of sp³-hybridized carbons (Fsp3) is 0.789. The van der Waals surface area contributed by atoms with E-state index in [2.05, 4.69) is 107 Å². The van der Waals surface area contributed by atoms with Crippen molar-refractivity contribution in [2.45, 2.75) is 175 Å². The third-order valence-electron chi connectivity index (χ3n) is 6.65. The molecule has 0 bridgehead atoms. The Bertz CT molecular complexity index is 1130. The number of carbonyl (C=O) groups excluding carboxylic acids is 4. The van der Waals surface area contributed by atoms with Crippen LogP contribution >= 0.6 is 22.6 Å². The fourth-order valence-electron chi connectivity index (χ4n) is 3.60. The van der Waals surface area contributed by atoms with E-state index in [0.29, 0.717) is 70.7 Å². The Morgan fingerprint density at radius 3 is 1.43 bits per heavy atom. The number of halogens is 1. The van der Waals surface area contributed by atoms with Gasteiger partial charge in [0.1, 0.15) is 5.78 Å². The molecule has 0 atom stereocenters. The van der Waals surface area contributed by atoms with Crippen molar-refractivity contribution in [1.29, 1.82) is 0 Å². The van der Waals surface area contributed by atoms with E-state index in [0.717, 1.165) is 94.0 Å². The number of aromatic nitrogens is 6. The fourth-order valence-corrected chi connectivity index (χ4v) is 5.72. The molecule has 0 aliphatic heterocycles. The monoisotopic (exact) mass is 994 g/mol. The first kappa shape index (κ1) is 58.0. The molecule has 15 heteroatoms. The van der Waals surface area contributed by atoms with Crippen LogP contribution in [0.5, 0.6) is 0 Å². The zero-order valence-electron chi connectivity index (χ0n) is 33.8. The summed E-state index contributed by atoms with van der Waals surface area (Å²) >= 11 is 3.06.